The number of esters is 1. The van der Waals surface area contributed by atoms with Crippen molar-refractivity contribution in [1.29, 1.82) is 0 Å². The number of hydrogen-bond donors (Lipinski definition) is 0. The van der Waals surface area contributed by atoms with Crippen molar-refractivity contribution in [3.05, 3.63) is 28.6 Å². The maximum atomic E-state index is 11.5. The number of oxazole rings is 1. The Bertz CT molecular complexity index is 566. The summed E-state index contributed by atoms with van der Waals surface area (Å²) >= 11 is 3.34. The topological polar surface area (TPSA) is 61.6 Å². The molecule has 0 N–H and O–H groups in total. The van der Waals surface area contributed by atoms with Crippen LogP contribution in [0.1, 0.15) is 12.8 Å². The Morgan fingerprint density at radius 1 is 1.56 bits per heavy atom. The molecule has 1 aromatic heterocycles. The van der Waals surface area contributed by atoms with E-state index in [1.807, 2.05) is 12.1 Å². The van der Waals surface area contributed by atoms with Gasteiger partial charge in [0.25, 0.3) is 0 Å². The number of carbonyl (C=O) groups excluding carboxylic acids is 1. The highest BCUT2D eigenvalue weighted by Crippen LogP contribution is 2.20. The van der Waals surface area contributed by atoms with Gasteiger partial charge in [0.2, 0.25) is 5.89 Å². The highest BCUT2D eigenvalue weighted by molar-refractivity contribution is 9.10. The van der Waals surface area contributed by atoms with Crippen LogP contribution in [0.25, 0.3) is 11.1 Å². The summed E-state index contributed by atoms with van der Waals surface area (Å²) in [4.78, 5) is 15.7. The van der Waals surface area contributed by atoms with Crippen molar-refractivity contribution in [2.75, 3.05) is 7.11 Å². The largest absolute Gasteiger partial charge is 0.440 e. The molecule has 6 heteroatoms. The Hall–Kier alpha value is -1.40. The van der Waals surface area contributed by atoms with Gasteiger partial charge >= 0.3 is 5.97 Å². The van der Waals surface area contributed by atoms with Gasteiger partial charge in [-0.25, -0.2) is 4.98 Å². The zero-order valence-electron chi connectivity index (χ0n) is 9.97. The third kappa shape index (κ3) is 3.08. The maximum absolute atomic E-state index is 11.5. The van der Waals surface area contributed by atoms with E-state index in [-0.39, 0.29) is 6.42 Å². The molecule has 0 aliphatic carbocycles. The molecule has 1 unspecified atom stereocenters. The molecule has 0 fully saturated rings. The molecule has 0 aliphatic heterocycles. The molecule has 1 atom stereocenters. The molecule has 18 heavy (non-hydrogen) atoms. The Labute approximate surface area is 112 Å². The number of methoxy groups -OCH3 is 1. The average molecular weight is 314 g/mol. The van der Waals surface area contributed by atoms with Gasteiger partial charge in [0.05, 0.1) is 0 Å². The van der Waals surface area contributed by atoms with Gasteiger partial charge in [0.15, 0.2) is 11.9 Å². The van der Waals surface area contributed by atoms with Gasteiger partial charge in [-0.2, -0.15) is 0 Å². The quantitative estimate of drug-likeness (QED) is 0.641. The standard InChI is InChI=1S/C12H12BrNO4/c1-7(16-2)17-12(15)6-11-14-9-5-8(13)3-4-10(9)18-11/h3-5,7H,6H2,1-2H3. The summed E-state index contributed by atoms with van der Waals surface area (Å²) in [6.45, 7) is 1.64. The molecule has 0 saturated heterocycles. The lowest BCUT2D eigenvalue weighted by molar-refractivity contribution is -0.169. The minimum Gasteiger partial charge on any atom is -0.440 e. The van der Waals surface area contributed by atoms with E-state index >= 15 is 0 Å². The minimum absolute atomic E-state index is 0.0139. The molecule has 1 heterocycles. The second-order valence-corrected chi connectivity index (χ2v) is 4.61. The molecule has 2 rings (SSSR count). The van der Waals surface area contributed by atoms with Crippen LogP contribution in [0.4, 0.5) is 0 Å². The number of benzene rings is 1. The van der Waals surface area contributed by atoms with Crippen molar-refractivity contribution in [3.63, 3.8) is 0 Å². The first kappa shape index (κ1) is 13.0. The van der Waals surface area contributed by atoms with Gasteiger partial charge in [-0.1, -0.05) is 15.9 Å². The monoisotopic (exact) mass is 313 g/mol. The van der Waals surface area contributed by atoms with Crippen molar-refractivity contribution < 1.29 is 18.7 Å². The summed E-state index contributed by atoms with van der Waals surface area (Å²) < 4.78 is 16.1. The van der Waals surface area contributed by atoms with Gasteiger partial charge < -0.3 is 13.9 Å². The predicted octanol–water partition coefficient (Wildman–Crippen LogP) is 2.67. The molecule has 0 aliphatic rings. The van der Waals surface area contributed by atoms with Crippen molar-refractivity contribution >= 4 is 33.0 Å². The average Bonchev–Trinajstić information content (AvgIpc) is 2.69. The van der Waals surface area contributed by atoms with E-state index in [4.69, 9.17) is 13.9 Å². The van der Waals surface area contributed by atoms with Crippen LogP contribution in [0.15, 0.2) is 27.1 Å². The van der Waals surface area contributed by atoms with Crippen LogP contribution in [0.2, 0.25) is 0 Å². The van der Waals surface area contributed by atoms with Crippen LogP contribution in [0.3, 0.4) is 0 Å². The summed E-state index contributed by atoms with van der Waals surface area (Å²) in [5.41, 5.74) is 1.34. The van der Waals surface area contributed by atoms with Crippen LogP contribution in [-0.2, 0) is 20.7 Å². The number of ether oxygens (including phenoxy) is 2. The van der Waals surface area contributed by atoms with E-state index in [0.717, 1.165) is 4.47 Å². The zero-order valence-corrected chi connectivity index (χ0v) is 11.6. The Kier molecular flexibility index (Phi) is 3.98. The fourth-order valence-corrected chi connectivity index (χ4v) is 1.77. The van der Waals surface area contributed by atoms with Crippen LogP contribution in [0, 0.1) is 0 Å². The third-order valence-corrected chi connectivity index (χ3v) is 2.81. The molecule has 0 spiro atoms. The summed E-state index contributed by atoms with van der Waals surface area (Å²) in [7, 11) is 1.47. The second kappa shape index (κ2) is 5.49. The Morgan fingerprint density at radius 2 is 2.33 bits per heavy atom. The Morgan fingerprint density at radius 3 is 3.06 bits per heavy atom. The van der Waals surface area contributed by atoms with Crippen LogP contribution in [-0.4, -0.2) is 24.4 Å². The van der Waals surface area contributed by atoms with Gasteiger partial charge in [-0.15, -0.1) is 0 Å². The van der Waals surface area contributed by atoms with Crippen molar-refractivity contribution in [1.82, 2.24) is 4.98 Å². The van der Waals surface area contributed by atoms with Crippen molar-refractivity contribution in [2.45, 2.75) is 19.6 Å². The van der Waals surface area contributed by atoms with E-state index in [1.54, 1.807) is 13.0 Å². The minimum atomic E-state index is -0.573. The fourth-order valence-electron chi connectivity index (χ4n) is 1.42. The molecule has 1 aromatic carbocycles. The molecular weight excluding hydrogens is 302 g/mol. The summed E-state index contributed by atoms with van der Waals surface area (Å²) in [5.74, 6) is -0.105. The van der Waals surface area contributed by atoms with Crippen molar-refractivity contribution in [2.24, 2.45) is 0 Å². The van der Waals surface area contributed by atoms with E-state index in [1.165, 1.54) is 7.11 Å². The first-order chi connectivity index (χ1) is 8.58. The molecular formula is C12H12BrNO4. The predicted molar refractivity (Wildman–Crippen MR) is 68.0 cm³/mol. The highest BCUT2D eigenvalue weighted by Gasteiger charge is 2.14. The summed E-state index contributed by atoms with van der Waals surface area (Å²) in [5, 5.41) is 0. The SMILES string of the molecule is COC(C)OC(=O)Cc1nc2cc(Br)ccc2o1. The number of carbonyl (C=O) groups is 1. The lowest BCUT2D eigenvalue weighted by Crippen LogP contribution is -2.18. The lowest BCUT2D eigenvalue weighted by Gasteiger charge is -2.09. The van der Waals surface area contributed by atoms with Crippen LogP contribution < -0.4 is 0 Å². The Balaban J connectivity index is 2.10. The zero-order chi connectivity index (χ0) is 13.1. The number of rotatable bonds is 4. The summed E-state index contributed by atoms with van der Waals surface area (Å²) in [6.07, 6.45) is -0.587. The lowest BCUT2D eigenvalue weighted by atomic mass is 10.3. The molecule has 0 saturated carbocycles. The number of nitrogens with zero attached hydrogens (tertiary/aromatic N) is 1. The van der Waals surface area contributed by atoms with Crippen molar-refractivity contribution in [3.8, 4) is 0 Å². The van der Waals surface area contributed by atoms with E-state index < -0.39 is 12.3 Å². The molecule has 0 radical (unpaired) electrons. The maximum Gasteiger partial charge on any atom is 0.317 e. The number of hydrogen-bond acceptors (Lipinski definition) is 5. The van der Waals surface area contributed by atoms with Crippen LogP contribution in [0.5, 0.6) is 0 Å². The summed E-state index contributed by atoms with van der Waals surface area (Å²) in [6, 6.07) is 5.47. The number of fused-ring (bicyclic) bond motifs is 1. The molecule has 5 nitrogen and oxygen atoms in total. The number of halogens is 1. The van der Waals surface area contributed by atoms with Crippen LogP contribution >= 0.6 is 15.9 Å². The molecule has 0 bridgehead atoms. The van der Waals surface area contributed by atoms with Gasteiger partial charge in [0, 0.05) is 11.6 Å². The van der Waals surface area contributed by atoms with E-state index in [0.29, 0.717) is 17.0 Å². The number of aromatic nitrogens is 1. The van der Waals surface area contributed by atoms with Gasteiger partial charge in [0.1, 0.15) is 11.9 Å². The smallest absolute Gasteiger partial charge is 0.317 e. The highest BCUT2D eigenvalue weighted by atomic mass is 79.9. The fraction of sp³-hybridized carbons (Fsp3) is 0.333. The van der Waals surface area contributed by atoms with Gasteiger partial charge in [-0.05, 0) is 25.1 Å². The van der Waals surface area contributed by atoms with Gasteiger partial charge in [-0.3, -0.25) is 4.79 Å². The second-order valence-electron chi connectivity index (χ2n) is 3.69. The molecule has 2 aromatic rings. The first-order valence-corrected chi connectivity index (χ1v) is 6.15. The van der Waals surface area contributed by atoms with E-state index in [9.17, 15) is 4.79 Å². The van der Waals surface area contributed by atoms with E-state index in [2.05, 4.69) is 20.9 Å². The molecule has 96 valence electrons. The first-order valence-electron chi connectivity index (χ1n) is 5.35. The molecule has 0 amide bonds. The third-order valence-electron chi connectivity index (χ3n) is 2.32. The normalized spacial score (nSPS) is 12.6.